The molecule has 0 bridgehead atoms. The number of nitrogens with zero attached hydrogens (tertiary/aromatic N) is 1. The van der Waals surface area contributed by atoms with Crippen LogP contribution >= 0.6 is 0 Å². The zero-order valence-corrected chi connectivity index (χ0v) is 15.8. The summed E-state index contributed by atoms with van der Waals surface area (Å²) in [7, 11) is 1.63. The predicted octanol–water partition coefficient (Wildman–Crippen LogP) is 3.13. The van der Waals surface area contributed by atoms with Gasteiger partial charge in [-0.2, -0.15) is 5.26 Å². The van der Waals surface area contributed by atoms with E-state index in [1.54, 1.807) is 31.4 Å². The van der Waals surface area contributed by atoms with Crippen LogP contribution in [0, 0.1) is 11.3 Å². The molecular weight excluding hydrogens is 354 g/mol. The molecule has 0 unspecified atom stereocenters. The maximum absolute atomic E-state index is 12.4. The first-order valence-corrected chi connectivity index (χ1v) is 9.31. The summed E-state index contributed by atoms with van der Waals surface area (Å²) in [6, 6.07) is 16.5. The average Bonchev–Trinajstić information content (AvgIpc) is 3.22. The van der Waals surface area contributed by atoms with Crippen LogP contribution in [0.2, 0.25) is 0 Å². The molecule has 0 aliphatic heterocycles. The third-order valence-electron chi connectivity index (χ3n) is 5.35. The third kappa shape index (κ3) is 4.15. The van der Waals surface area contributed by atoms with Gasteiger partial charge in [-0.25, -0.2) is 0 Å². The van der Waals surface area contributed by atoms with Crippen LogP contribution in [-0.4, -0.2) is 25.5 Å². The van der Waals surface area contributed by atoms with Crippen molar-refractivity contribution < 1.29 is 14.3 Å². The molecule has 1 aliphatic carbocycles. The zero-order chi connectivity index (χ0) is 20.0. The van der Waals surface area contributed by atoms with E-state index in [1.807, 2.05) is 30.3 Å². The van der Waals surface area contributed by atoms with Crippen molar-refractivity contribution in [3.05, 3.63) is 59.7 Å². The highest BCUT2D eigenvalue weighted by molar-refractivity contribution is 6.39. The first kappa shape index (κ1) is 19.4. The second-order valence-corrected chi connectivity index (χ2v) is 7.01. The fourth-order valence-electron chi connectivity index (χ4n) is 3.76. The highest BCUT2D eigenvalue weighted by Gasteiger charge is 2.36. The van der Waals surface area contributed by atoms with Crippen molar-refractivity contribution in [3.63, 3.8) is 0 Å². The number of carbonyl (C=O) groups excluding carboxylic acids is 2. The molecule has 28 heavy (non-hydrogen) atoms. The number of carbonyl (C=O) groups is 2. The Balaban J connectivity index is 1.67. The third-order valence-corrected chi connectivity index (χ3v) is 5.35. The van der Waals surface area contributed by atoms with Crippen molar-refractivity contribution in [3.8, 4) is 11.8 Å². The molecule has 0 atom stereocenters. The van der Waals surface area contributed by atoms with Gasteiger partial charge in [0.15, 0.2) is 0 Å². The van der Waals surface area contributed by atoms with E-state index in [-0.39, 0.29) is 5.41 Å². The Labute approximate surface area is 164 Å². The van der Waals surface area contributed by atoms with Crippen molar-refractivity contribution in [2.45, 2.75) is 31.1 Å². The van der Waals surface area contributed by atoms with Gasteiger partial charge in [-0.3, -0.25) is 9.59 Å². The Morgan fingerprint density at radius 1 is 1.07 bits per heavy atom. The van der Waals surface area contributed by atoms with Crippen LogP contribution in [0.15, 0.2) is 48.5 Å². The number of para-hydroxylation sites is 1. The van der Waals surface area contributed by atoms with Crippen molar-refractivity contribution in [1.29, 1.82) is 5.26 Å². The van der Waals surface area contributed by atoms with E-state index in [0.29, 0.717) is 17.8 Å². The summed E-state index contributed by atoms with van der Waals surface area (Å²) < 4.78 is 5.22. The van der Waals surface area contributed by atoms with Crippen LogP contribution in [0.3, 0.4) is 0 Å². The molecule has 0 spiro atoms. The molecule has 1 saturated carbocycles. The fraction of sp³-hybridized carbons (Fsp3) is 0.318. The van der Waals surface area contributed by atoms with Gasteiger partial charge >= 0.3 is 11.8 Å². The van der Waals surface area contributed by atoms with E-state index < -0.39 is 11.8 Å². The molecule has 0 aromatic heterocycles. The van der Waals surface area contributed by atoms with Crippen LogP contribution < -0.4 is 15.4 Å². The molecule has 2 N–H and O–H groups in total. The van der Waals surface area contributed by atoms with E-state index in [4.69, 9.17) is 10.00 Å². The molecule has 1 aliphatic rings. The summed E-state index contributed by atoms with van der Waals surface area (Å²) in [6.07, 6.45) is 4.09. The number of rotatable bonds is 5. The second kappa shape index (κ2) is 8.57. The summed E-state index contributed by atoms with van der Waals surface area (Å²) >= 11 is 0. The molecule has 0 saturated heterocycles. The van der Waals surface area contributed by atoms with E-state index in [0.717, 1.165) is 37.0 Å². The molecule has 3 rings (SSSR count). The minimum absolute atomic E-state index is 0.174. The normalized spacial score (nSPS) is 14.7. The Hall–Kier alpha value is -3.33. The minimum atomic E-state index is -0.773. The molecule has 6 heteroatoms. The van der Waals surface area contributed by atoms with Crippen LogP contribution in [0.1, 0.15) is 36.8 Å². The second-order valence-electron chi connectivity index (χ2n) is 7.01. The van der Waals surface area contributed by atoms with E-state index in [1.165, 1.54) is 0 Å². The number of nitrogens with one attached hydrogen (secondary N) is 2. The van der Waals surface area contributed by atoms with E-state index >= 15 is 0 Å². The fourth-order valence-corrected chi connectivity index (χ4v) is 3.76. The van der Waals surface area contributed by atoms with Gasteiger partial charge < -0.3 is 15.4 Å². The number of hydrogen-bond acceptors (Lipinski definition) is 4. The summed E-state index contributed by atoms with van der Waals surface area (Å²) in [5.74, 6) is -0.686. The number of hydrogen-bond donors (Lipinski definition) is 2. The first-order valence-electron chi connectivity index (χ1n) is 9.31. The highest BCUT2D eigenvalue weighted by Crippen LogP contribution is 2.41. The molecule has 2 aromatic rings. The lowest BCUT2D eigenvalue weighted by Gasteiger charge is -2.30. The van der Waals surface area contributed by atoms with Gasteiger partial charge in [0.25, 0.3) is 0 Å². The van der Waals surface area contributed by atoms with Gasteiger partial charge in [0.05, 0.1) is 18.4 Å². The lowest BCUT2D eigenvalue weighted by Crippen LogP contribution is -2.43. The quantitative estimate of drug-likeness (QED) is 0.783. The number of ether oxygens (including phenoxy) is 1. The largest absolute Gasteiger partial charge is 0.497 e. The molecule has 2 aromatic carbocycles. The number of anilines is 1. The van der Waals surface area contributed by atoms with Gasteiger partial charge in [0, 0.05) is 12.0 Å². The Bertz CT molecular complexity index is 894. The van der Waals surface area contributed by atoms with Crippen LogP contribution in [0.4, 0.5) is 5.69 Å². The smallest absolute Gasteiger partial charge is 0.313 e. The lowest BCUT2D eigenvalue weighted by molar-refractivity contribution is -0.136. The summed E-state index contributed by atoms with van der Waals surface area (Å²) in [5, 5.41) is 14.4. The van der Waals surface area contributed by atoms with Crippen molar-refractivity contribution in [2.75, 3.05) is 19.0 Å². The van der Waals surface area contributed by atoms with Crippen LogP contribution in [0.25, 0.3) is 0 Å². The average molecular weight is 377 g/mol. The summed E-state index contributed by atoms with van der Waals surface area (Å²) in [4.78, 5) is 24.6. The standard InChI is InChI=1S/C22H23N3O3/c1-28-18-10-8-17(9-11-18)22(12-4-5-13-22)15-24-20(26)21(27)25-19-7-3-2-6-16(19)14-23/h2-3,6-11H,4-5,12-13,15H2,1H3,(H,24,26)(H,25,27). The molecule has 6 nitrogen and oxygen atoms in total. The Morgan fingerprint density at radius 3 is 2.39 bits per heavy atom. The van der Waals surface area contributed by atoms with Crippen molar-refractivity contribution in [1.82, 2.24) is 5.32 Å². The molecular formula is C22H23N3O3. The van der Waals surface area contributed by atoms with Crippen LogP contribution in [0.5, 0.6) is 5.75 Å². The van der Waals surface area contributed by atoms with Gasteiger partial charge in [-0.1, -0.05) is 37.1 Å². The Morgan fingerprint density at radius 2 is 1.75 bits per heavy atom. The molecule has 1 fully saturated rings. The monoisotopic (exact) mass is 377 g/mol. The molecule has 144 valence electrons. The van der Waals surface area contributed by atoms with E-state index in [2.05, 4.69) is 10.6 Å². The van der Waals surface area contributed by atoms with Crippen LogP contribution in [-0.2, 0) is 15.0 Å². The van der Waals surface area contributed by atoms with Crippen molar-refractivity contribution in [2.24, 2.45) is 0 Å². The maximum Gasteiger partial charge on any atom is 0.313 e. The summed E-state index contributed by atoms with van der Waals surface area (Å²) in [5.41, 5.74) is 1.61. The minimum Gasteiger partial charge on any atom is -0.497 e. The predicted molar refractivity (Wildman–Crippen MR) is 106 cm³/mol. The number of amides is 2. The van der Waals surface area contributed by atoms with Gasteiger partial charge in [-0.05, 0) is 42.7 Å². The van der Waals surface area contributed by atoms with E-state index in [9.17, 15) is 9.59 Å². The summed E-state index contributed by atoms with van der Waals surface area (Å²) in [6.45, 7) is 0.394. The number of benzene rings is 2. The molecule has 2 amide bonds. The Kier molecular flexibility index (Phi) is 5.95. The SMILES string of the molecule is COc1ccc(C2(CNC(=O)C(=O)Nc3ccccc3C#N)CCCC2)cc1. The maximum atomic E-state index is 12.4. The molecule has 0 heterocycles. The van der Waals surface area contributed by atoms with Gasteiger partial charge in [-0.15, -0.1) is 0 Å². The first-order chi connectivity index (χ1) is 13.6. The highest BCUT2D eigenvalue weighted by atomic mass is 16.5. The zero-order valence-electron chi connectivity index (χ0n) is 15.8. The van der Waals surface area contributed by atoms with Gasteiger partial charge in [0.1, 0.15) is 11.8 Å². The molecule has 0 radical (unpaired) electrons. The number of nitriles is 1. The van der Waals surface area contributed by atoms with Gasteiger partial charge in [0.2, 0.25) is 0 Å². The van der Waals surface area contributed by atoms with Crippen molar-refractivity contribution >= 4 is 17.5 Å². The number of methoxy groups -OCH3 is 1. The lowest BCUT2D eigenvalue weighted by atomic mass is 9.78. The topological polar surface area (TPSA) is 91.2 Å².